The third-order valence-corrected chi connectivity index (χ3v) is 5.49. The number of piperidine rings is 1. The van der Waals surface area contributed by atoms with Crippen molar-refractivity contribution in [3.63, 3.8) is 0 Å². The molecular formula is C23H30N4O5. The molecule has 0 aliphatic carbocycles. The van der Waals surface area contributed by atoms with Crippen LogP contribution in [0.25, 0.3) is 0 Å². The number of hydroxylamine groups is 2. The van der Waals surface area contributed by atoms with Crippen molar-refractivity contribution in [2.75, 3.05) is 13.1 Å². The number of carbonyl (C=O) groups is 2. The van der Waals surface area contributed by atoms with Gasteiger partial charge in [0, 0.05) is 25.6 Å². The highest BCUT2D eigenvalue weighted by atomic mass is 16.7. The molecule has 2 aromatic rings. The highest BCUT2D eigenvalue weighted by Gasteiger charge is 2.46. The van der Waals surface area contributed by atoms with Crippen molar-refractivity contribution in [3.05, 3.63) is 53.4 Å². The van der Waals surface area contributed by atoms with Crippen molar-refractivity contribution in [2.24, 2.45) is 0 Å². The summed E-state index contributed by atoms with van der Waals surface area (Å²) >= 11 is 0. The first-order valence-corrected chi connectivity index (χ1v) is 11.0. The predicted octanol–water partition coefficient (Wildman–Crippen LogP) is 3.81. The second kappa shape index (κ2) is 9.20. The summed E-state index contributed by atoms with van der Waals surface area (Å²) in [5.74, 6) is 0.655. The van der Waals surface area contributed by atoms with Crippen molar-refractivity contribution in [1.29, 1.82) is 0 Å². The first kappa shape index (κ1) is 22.1. The summed E-state index contributed by atoms with van der Waals surface area (Å²) < 4.78 is 10.7. The Morgan fingerprint density at radius 2 is 2.03 bits per heavy atom. The second-order valence-corrected chi connectivity index (χ2v) is 9.16. The number of hydrogen-bond donors (Lipinski definition) is 1. The van der Waals surface area contributed by atoms with Crippen LogP contribution in [0, 0.1) is 0 Å². The number of nitrogens with one attached hydrogen (secondary N) is 1. The number of nitrogens with zero attached hydrogens (tertiary/aromatic N) is 3. The van der Waals surface area contributed by atoms with Crippen molar-refractivity contribution >= 4 is 12.1 Å². The Morgan fingerprint density at radius 1 is 1.25 bits per heavy atom. The lowest BCUT2D eigenvalue weighted by molar-refractivity contribution is -0.140. The summed E-state index contributed by atoms with van der Waals surface area (Å²) in [6, 6.07) is 11.4. The van der Waals surface area contributed by atoms with Crippen LogP contribution in [0.4, 0.5) is 9.59 Å². The van der Waals surface area contributed by atoms with E-state index in [0.717, 1.165) is 24.1 Å². The molecular weight excluding hydrogens is 412 g/mol. The van der Waals surface area contributed by atoms with Gasteiger partial charge in [-0.25, -0.2) is 9.59 Å². The van der Waals surface area contributed by atoms with E-state index in [2.05, 4.69) is 10.5 Å². The lowest BCUT2D eigenvalue weighted by Crippen LogP contribution is -2.34. The number of aromatic nitrogens is 1. The maximum atomic E-state index is 13.0. The molecule has 32 heavy (non-hydrogen) atoms. The highest BCUT2D eigenvalue weighted by molar-refractivity contribution is 5.77. The first-order chi connectivity index (χ1) is 15.3. The molecule has 1 N–H and O–H groups in total. The number of carbonyl (C=O) groups excluding carboxylic acids is 2. The van der Waals surface area contributed by atoms with Gasteiger partial charge in [0.2, 0.25) is 0 Å². The van der Waals surface area contributed by atoms with Crippen LogP contribution in [0.5, 0.6) is 0 Å². The zero-order valence-corrected chi connectivity index (χ0v) is 18.7. The minimum absolute atomic E-state index is 0.0480. The van der Waals surface area contributed by atoms with Crippen LogP contribution < -0.4 is 5.32 Å². The van der Waals surface area contributed by atoms with Gasteiger partial charge in [0.1, 0.15) is 23.7 Å². The van der Waals surface area contributed by atoms with Gasteiger partial charge in [0.05, 0.1) is 12.1 Å². The molecule has 2 atom stereocenters. The maximum absolute atomic E-state index is 13.0. The highest BCUT2D eigenvalue weighted by Crippen LogP contribution is 2.38. The quantitative estimate of drug-likeness (QED) is 0.700. The van der Waals surface area contributed by atoms with Crippen LogP contribution in [-0.4, -0.2) is 52.0 Å². The fourth-order valence-electron chi connectivity index (χ4n) is 4.03. The summed E-state index contributed by atoms with van der Waals surface area (Å²) in [6.07, 6.45) is 1.66. The largest absolute Gasteiger partial charge is 0.444 e. The van der Waals surface area contributed by atoms with Gasteiger partial charge in [-0.1, -0.05) is 35.5 Å². The Balaban J connectivity index is 1.30. The van der Waals surface area contributed by atoms with Crippen molar-refractivity contribution in [1.82, 2.24) is 20.4 Å². The van der Waals surface area contributed by atoms with Crippen molar-refractivity contribution < 1.29 is 23.7 Å². The van der Waals surface area contributed by atoms with E-state index in [-0.39, 0.29) is 18.1 Å². The number of alkyl carbamates (subject to hydrolysis) is 1. The van der Waals surface area contributed by atoms with E-state index >= 15 is 0 Å². The van der Waals surface area contributed by atoms with Crippen molar-refractivity contribution in [2.45, 2.75) is 64.3 Å². The maximum Gasteiger partial charge on any atom is 0.407 e. The lowest BCUT2D eigenvalue weighted by Gasteiger charge is -2.28. The molecule has 1 aromatic heterocycles. The molecule has 0 unspecified atom stereocenters. The summed E-state index contributed by atoms with van der Waals surface area (Å²) in [4.78, 5) is 32.4. The van der Waals surface area contributed by atoms with Gasteiger partial charge in [-0.05, 0) is 39.2 Å². The fraction of sp³-hybridized carbons (Fsp3) is 0.522. The summed E-state index contributed by atoms with van der Waals surface area (Å²) in [5, 5.41) is 8.41. The molecule has 0 spiro atoms. The number of benzene rings is 1. The van der Waals surface area contributed by atoms with Crippen LogP contribution in [0.1, 0.15) is 56.7 Å². The van der Waals surface area contributed by atoms with Crippen LogP contribution >= 0.6 is 0 Å². The number of hydrogen-bond acceptors (Lipinski definition) is 6. The number of fused-ring (bicyclic) bond motifs is 2. The zero-order valence-electron chi connectivity index (χ0n) is 18.7. The van der Waals surface area contributed by atoms with Gasteiger partial charge in [-0.2, -0.15) is 5.06 Å². The van der Waals surface area contributed by atoms with Crippen LogP contribution in [-0.2, 0) is 22.6 Å². The molecule has 1 aromatic carbocycles. The predicted molar refractivity (Wildman–Crippen MR) is 115 cm³/mol. The van der Waals surface area contributed by atoms with Gasteiger partial charge < -0.3 is 19.5 Å². The number of rotatable bonds is 7. The minimum Gasteiger partial charge on any atom is -0.444 e. The van der Waals surface area contributed by atoms with Crippen molar-refractivity contribution in [3.8, 4) is 0 Å². The Labute approximate surface area is 187 Å². The molecule has 2 saturated heterocycles. The molecule has 9 heteroatoms. The van der Waals surface area contributed by atoms with Crippen LogP contribution in [0.2, 0.25) is 0 Å². The summed E-state index contributed by atoms with van der Waals surface area (Å²) in [6.45, 7) is 6.80. The molecule has 3 heterocycles. The monoisotopic (exact) mass is 442 g/mol. The molecule has 172 valence electrons. The number of ether oxygens (including phenoxy) is 1. The Kier molecular flexibility index (Phi) is 6.36. The molecule has 2 aliphatic heterocycles. The molecule has 4 rings (SSSR count). The topological polar surface area (TPSA) is 97.1 Å². The van der Waals surface area contributed by atoms with E-state index in [0.29, 0.717) is 31.9 Å². The Bertz CT molecular complexity index is 939. The summed E-state index contributed by atoms with van der Waals surface area (Å²) in [7, 11) is 0. The molecule has 2 bridgehead atoms. The molecule has 0 radical (unpaired) electrons. The molecule has 2 fully saturated rings. The van der Waals surface area contributed by atoms with E-state index in [4.69, 9.17) is 14.1 Å². The zero-order chi connectivity index (χ0) is 22.7. The first-order valence-electron chi connectivity index (χ1n) is 11.0. The summed E-state index contributed by atoms with van der Waals surface area (Å²) in [5.41, 5.74) is 1.21. The van der Waals surface area contributed by atoms with Crippen LogP contribution in [0.15, 0.2) is 40.9 Å². The normalized spacial score (nSPS) is 20.5. The third kappa shape index (κ3) is 5.21. The van der Waals surface area contributed by atoms with Gasteiger partial charge in [0.25, 0.3) is 0 Å². The Hall–Kier alpha value is -3.07. The van der Waals surface area contributed by atoms with E-state index in [1.807, 2.05) is 57.2 Å². The minimum atomic E-state index is -0.538. The van der Waals surface area contributed by atoms with E-state index < -0.39 is 11.7 Å². The second-order valence-electron chi connectivity index (χ2n) is 9.16. The van der Waals surface area contributed by atoms with Gasteiger partial charge in [-0.3, -0.25) is 4.84 Å². The number of amides is 3. The van der Waals surface area contributed by atoms with E-state index in [9.17, 15) is 9.59 Å². The molecule has 9 nitrogen and oxygen atoms in total. The third-order valence-electron chi connectivity index (χ3n) is 5.49. The SMILES string of the molecule is CC(C)(C)OC(=O)NCCc1cc([C@@H]2CC[C@@H]3CN2C(=O)N3OCc2ccccc2)no1. The van der Waals surface area contributed by atoms with Gasteiger partial charge in [0.15, 0.2) is 0 Å². The molecule has 0 saturated carbocycles. The van der Waals surface area contributed by atoms with Gasteiger partial charge in [-0.15, -0.1) is 0 Å². The average Bonchev–Trinajstić information content (AvgIpc) is 3.30. The molecule has 3 amide bonds. The van der Waals surface area contributed by atoms with E-state index in [1.165, 1.54) is 5.06 Å². The fourth-order valence-corrected chi connectivity index (χ4v) is 4.03. The standard InChI is InChI=1S/C23H30N4O5/c1-23(2,3)31-21(28)24-12-11-18-13-19(25-32-18)20-10-9-17-14-26(20)22(29)27(17)30-15-16-7-5-4-6-8-16/h4-8,13,17,20H,9-12,14-15H2,1-3H3,(H,24,28)/t17-,20+/m1/s1. The van der Waals surface area contributed by atoms with Crippen LogP contribution in [0.3, 0.4) is 0 Å². The Morgan fingerprint density at radius 3 is 2.78 bits per heavy atom. The average molecular weight is 443 g/mol. The lowest BCUT2D eigenvalue weighted by atomic mass is 9.98. The smallest absolute Gasteiger partial charge is 0.407 e. The molecule has 2 aliphatic rings. The number of urea groups is 1. The van der Waals surface area contributed by atoms with E-state index in [1.54, 1.807) is 4.90 Å². The van der Waals surface area contributed by atoms with Gasteiger partial charge >= 0.3 is 12.1 Å².